The van der Waals surface area contributed by atoms with Crippen LogP contribution in [-0.4, -0.2) is 50.9 Å². The Morgan fingerprint density at radius 1 is 0.964 bits per heavy atom. The number of hydrogen-bond acceptors (Lipinski definition) is 3. The first-order valence-corrected chi connectivity index (χ1v) is 10.8. The van der Waals surface area contributed by atoms with Gasteiger partial charge in [-0.2, -0.15) is 0 Å². The molecule has 0 spiro atoms. The number of aryl methyl sites for hydroxylation is 1. The van der Waals surface area contributed by atoms with Crippen molar-refractivity contribution in [1.82, 2.24) is 19.2 Å². The molecule has 4 aliphatic rings. The number of imidazole rings is 1. The molecule has 6 heterocycles. The summed E-state index contributed by atoms with van der Waals surface area (Å²) in [5, 5.41) is 0. The smallest absolute Gasteiger partial charge is 0.110 e. The van der Waals surface area contributed by atoms with Crippen LogP contribution in [0.15, 0.2) is 54.7 Å². The number of hydrogen-bond donors (Lipinski definition) is 0. The Bertz CT molecular complexity index is 986. The van der Waals surface area contributed by atoms with E-state index in [-0.39, 0.29) is 0 Å². The second-order valence-corrected chi connectivity index (χ2v) is 8.86. The zero-order valence-electron chi connectivity index (χ0n) is 16.5. The van der Waals surface area contributed by atoms with E-state index in [1.165, 1.54) is 42.7 Å². The first-order chi connectivity index (χ1) is 13.8. The number of nitrogens with zero attached hydrogens (tertiary/aromatic N) is 4. The summed E-state index contributed by atoms with van der Waals surface area (Å²) in [6.45, 7) is 6.81. The van der Waals surface area contributed by atoms with Crippen molar-refractivity contribution in [2.45, 2.75) is 44.3 Å². The van der Waals surface area contributed by atoms with Gasteiger partial charge in [-0.1, -0.05) is 36.4 Å². The van der Waals surface area contributed by atoms with Crippen LogP contribution in [0.2, 0.25) is 0 Å². The summed E-state index contributed by atoms with van der Waals surface area (Å²) in [4.78, 5) is 10.5. The molecule has 0 radical (unpaired) electrons. The van der Waals surface area contributed by atoms with Gasteiger partial charge in [-0.15, -0.1) is 0 Å². The van der Waals surface area contributed by atoms with E-state index in [9.17, 15) is 0 Å². The fourth-order valence-electron chi connectivity index (χ4n) is 6.29. The zero-order chi connectivity index (χ0) is 18.7. The molecule has 0 aliphatic carbocycles. The van der Waals surface area contributed by atoms with E-state index in [2.05, 4.69) is 75.9 Å². The molecule has 28 heavy (non-hydrogen) atoms. The highest BCUT2D eigenvalue weighted by atomic mass is 15.3. The van der Waals surface area contributed by atoms with Gasteiger partial charge in [0.2, 0.25) is 0 Å². The Labute approximate surface area is 166 Å². The predicted molar refractivity (Wildman–Crippen MR) is 111 cm³/mol. The topological polar surface area (TPSA) is 23.8 Å². The van der Waals surface area contributed by atoms with Crippen LogP contribution in [0.1, 0.15) is 35.8 Å². The number of fused-ring (bicyclic) bond motifs is 3. The number of rotatable bonds is 3. The normalized spacial score (nSPS) is 32.1. The van der Waals surface area contributed by atoms with Crippen molar-refractivity contribution in [2.24, 2.45) is 5.92 Å². The Balaban J connectivity index is 1.38. The van der Waals surface area contributed by atoms with Crippen molar-refractivity contribution in [3.05, 3.63) is 71.8 Å². The van der Waals surface area contributed by atoms with E-state index in [1.807, 2.05) is 0 Å². The highest BCUT2D eigenvalue weighted by molar-refractivity contribution is 5.53. The lowest BCUT2D eigenvalue weighted by Crippen LogP contribution is -2.60. The average Bonchev–Trinajstić information content (AvgIpc) is 3.30. The molecule has 2 bridgehead atoms. The lowest BCUT2D eigenvalue weighted by atomic mass is 9.75. The van der Waals surface area contributed by atoms with E-state index in [1.54, 1.807) is 0 Å². The first kappa shape index (κ1) is 16.8. The van der Waals surface area contributed by atoms with Crippen LogP contribution in [0, 0.1) is 12.8 Å². The second kappa shape index (κ2) is 6.43. The molecular formula is C24H28N4. The number of likely N-dealkylation sites (tertiary alicyclic amines) is 1. The van der Waals surface area contributed by atoms with Gasteiger partial charge < -0.3 is 4.40 Å². The summed E-state index contributed by atoms with van der Waals surface area (Å²) in [5.74, 6) is 2.55. The van der Waals surface area contributed by atoms with Gasteiger partial charge in [0.15, 0.2) is 0 Å². The maximum absolute atomic E-state index is 4.96. The average molecular weight is 373 g/mol. The fraction of sp³-hybridized carbons (Fsp3) is 0.458. The zero-order valence-corrected chi connectivity index (χ0v) is 16.5. The molecule has 0 saturated carbocycles. The third kappa shape index (κ3) is 2.48. The van der Waals surface area contributed by atoms with Crippen molar-refractivity contribution in [3.8, 4) is 0 Å². The number of aromatic nitrogens is 2. The molecule has 0 N–H and O–H groups in total. The van der Waals surface area contributed by atoms with Gasteiger partial charge in [-0.05, 0) is 56.5 Å². The minimum absolute atomic E-state index is 0.615. The van der Waals surface area contributed by atoms with Crippen LogP contribution in [-0.2, 0) is 6.54 Å². The molecule has 4 saturated heterocycles. The highest BCUT2D eigenvalue weighted by Gasteiger charge is 2.53. The standard InChI is InChI=1S/C24H28N4/c1-17-25-21(22-9-5-6-12-28(17)22)16-27-15-20(18-7-3-2-4-8-18)24-23(27)19-10-13-26(24)14-11-19/h2-9,12,19-20,23-24H,10-11,13-16H2,1H3/t20-,23+,24+/m0/s1. The van der Waals surface area contributed by atoms with Crippen LogP contribution >= 0.6 is 0 Å². The minimum Gasteiger partial charge on any atom is -0.304 e. The van der Waals surface area contributed by atoms with Crippen LogP contribution < -0.4 is 0 Å². The first-order valence-electron chi connectivity index (χ1n) is 10.8. The van der Waals surface area contributed by atoms with Crippen molar-refractivity contribution >= 4 is 5.52 Å². The molecule has 144 valence electrons. The number of benzene rings is 1. The summed E-state index contributed by atoms with van der Waals surface area (Å²) in [6, 6.07) is 19.0. The highest BCUT2D eigenvalue weighted by Crippen LogP contribution is 2.47. The molecule has 4 aliphatic heterocycles. The Kier molecular flexibility index (Phi) is 3.85. The molecule has 4 heteroatoms. The monoisotopic (exact) mass is 372 g/mol. The molecule has 3 atom stereocenters. The SMILES string of the molecule is Cc1nc(CN2C[C@@H](c3ccccc3)[C@@H]3[C@H]2C2CCN3CC2)c2ccccn12. The lowest BCUT2D eigenvalue weighted by molar-refractivity contribution is -0.00885. The van der Waals surface area contributed by atoms with Crippen LogP contribution in [0.4, 0.5) is 0 Å². The summed E-state index contributed by atoms with van der Waals surface area (Å²) >= 11 is 0. The number of piperidine rings is 3. The number of pyridine rings is 1. The van der Waals surface area contributed by atoms with Gasteiger partial charge in [-0.25, -0.2) is 4.98 Å². The Hall–Kier alpha value is -2.17. The molecule has 7 rings (SSSR count). The van der Waals surface area contributed by atoms with Gasteiger partial charge in [0, 0.05) is 37.3 Å². The van der Waals surface area contributed by atoms with Gasteiger partial charge in [0.25, 0.3) is 0 Å². The molecule has 4 nitrogen and oxygen atoms in total. The van der Waals surface area contributed by atoms with Gasteiger partial charge in [0.1, 0.15) is 5.82 Å². The van der Waals surface area contributed by atoms with Crippen molar-refractivity contribution < 1.29 is 0 Å². The van der Waals surface area contributed by atoms with E-state index >= 15 is 0 Å². The van der Waals surface area contributed by atoms with E-state index < -0.39 is 0 Å². The lowest BCUT2D eigenvalue weighted by Gasteiger charge is -2.51. The predicted octanol–water partition coefficient (Wildman–Crippen LogP) is 3.70. The molecule has 0 amide bonds. The minimum atomic E-state index is 0.615. The van der Waals surface area contributed by atoms with E-state index in [4.69, 9.17) is 4.98 Å². The van der Waals surface area contributed by atoms with Gasteiger partial charge >= 0.3 is 0 Å². The summed E-state index contributed by atoms with van der Waals surface area (Å²) in [7, 11) is 0. The van der Waals surface area contributed by atoms with Crippen LogP contribution in [0.3, 0.4) is 0 Å². The largest absolute Gasteiger partial charge is 0.304 e. The third-order valence-corrected chi connectivity index (χ3v) is 7.48. The quantitative estimate of drug-likeness (QED) is 0.700. The molecule has 3 aromatic rings. The molecular weight excluding hydrogens is 344 g/mol. The summed E-state index contributed by atoms with van der Waals surface area (Å²) in [5.41, 5.74) is 4.02. The van der Waals surface area contributed by atoms with E-state index in [0.717, 1.165) is 24.8 Å². The van der Waals surface area contributed by atoms with Crippen molar-refractivity contribution in [3.63, 3.8) is 0 Å². The third-order valence-electron chi connectivity index (χ3n) is 7.48. The molecule has 0 unspecified atom stereocenters. The van der Waals surface area contributed by atoms with Gasteiger partial charge in [0.05, 0.1) is 11.2 Å². The fourth-order valence-corrected chi connectivity index (χ4v) is 6.29. The maximum atomic E-state index is 4.96. The molecule has 1 aromatic carbocycles. The maximum Gasteiger partial charge on any atom is 0.110 e. The van der Waals surface area contributed by atoms with Crippen molar-refractivity contribution in [1.29, 1.82) is 0 Å². The van der Waals surface area contributed by atoms with Crippen LogP contribution in [0.25, 0.3) is 5.52 Å². The summed E-state index contributed by atoms with van der Waals surface area (Å²) < 4.78 is 2.23. The Morgan fingerprint density at radius 2 is 1.75 bits per heavy atom. The van der Waals surface area contributed by atoms with E-state index in [0.29, 0.717) is 18.0 Å². The summed E-state index contributed by atoms with van der Waals surface area (Å²) in [6.07, 6.45) is 4.86. The molecule has 4 fully saturated rings. The molecule has 2 aromatic heterocycles. The van der Waals surface area contributed by atoms with Crippen LogP contribution in [0.5, 0.6) is 0 Å². The van der Waals surface area contributed by atoms with Crippen molar-refractivity contribution in [2.75, 3.05) is 19.6 Å². The second-order valence-electron chi connectivity index (χ2n) is 8.86. The van der Waals surface area contributed by atoms with Gasteiger partial charge in [-0.3, -0.25) is 9.80 Å². The Morgan fingerprint density at radius 3 is 2.57 bits per heavy atom.